The van der Waals surface area contributed by atoms with E-state index in [4.69, 9.17) is 0 Å². The molecule has 2 aromatic carbocycles. The maximum absolute atomic E-state index is 9.94. The van der Waals surface area contributed by atoms with Crippen molar-refractivity contribution in [1.29, 1.82) is 0 Å². The van der Waals surface area contributed by atoms with Crippen LogP contribution in [0, 0.1) is 0 Å². The molecule has 0 radical (unpaired) electrons. The van der Waals surface area contributed by atoms with Crippen molar-refractivity contribution in [3.05, 3.63) is 59.2 Å². The molecule has 100 valence electrons. The van der Waals surface area contributed by atoms with E-state index in [1.165, 1.54) is 6.07 Å². The van der Waals surface area contributed by atoms with E-state index in [1.54, 1.807) is 0 Å². The molecule has 0 bridgehead atoms. The van der Waals surface area contributed by atoms with Crippen molar-refractivity contribution in [3.63, 3.8) is 0 Å². The van der Waals surface area contributed by atoms with Crippen LogP contribution in [0.2, 0.25) is 0 Å². The van der Waals surface area contributed by atoms with Gasteiger partial charge in [0.25, 0.3) is 0 Å². The third-order valence-electron chi connectivity index (χ3n) is 3.32. The van der Waals surface area contributed by atoms with Crippen LogP contribution in [-0.4, -0.2) is 10.2 Å². The Balaban J connectivity index is 2.24. The highest BCUT2D eigenvalue weighted by Crippen LogP contribution is 2.30. The highest BCUT2D eigenvalue weighted by molar-refractivity contribution is 5.47. The quantitative estimate of drug-likeness (QED) is 0.848. The minimum atomic E-state index is 0.168. The molecule has 0 amide bonds. The van der Waals surface area contributed by atoms with Crippen LogP contribution < -0.4 is 0 Å². The van der Waals surface area contributed by atoms with Gasteiger partial charge in [0.05, 0.1) is 0 Å². The average Bonchev–Trinajstić information content (AvgIpc) is 2.42. The van der Waals surface area contributed by atoms with E-state index in [0.717, 1.165) is 36.0 Å². The first-order chi connectivity index (χ1) is 9.20. The lowest BCUT2D eigenvalue weighted by Gasteiger charge is -2.10. The Morgan fingerprint density at radius 2 is 1.58 bits per heavy atom. The largest absolute Gasteiger partial charge is 0.508 e. The molecule has 0 spiro atoms. The summed E-state index contributed by atoms with van der Waals surface area (Å²) >= 11 is 0. The van der Waals surface area contributed by atoms with E-state index in [0.29, 0.717) is 6.42 Å². The van der Waals surface area contributed by atoms with Crippen LogP contribution in [0.15, 0.2) is 42.5 Å². The second kappa shape index (κ2) is 6.28. The zero-order valence-electron chi connectivity index (χ0n) is 11.3. The molecule has 2 heteroatoms. The lowest BCUT2D eigenvalue weighted by atomic mass is 9.99. The lowest BCUT2D eigenvalue weighted by molar-refractivity contribution is 0.441. The number of aryl methyl sites for hydroxylation is 1. The number of unbranched alkanes of at least 4 members (excludes halogenated alkanes) is 1. The smallest absolute Gasteiger partial charge is 0.122 e. The number of phenolic OH excluding ortho intramolecular Hbond substituents is 2. The molecular weight excluding hydrogens is 236 g/mol. The van der Waals surface area contributed by atoms with Crippen molar-refractivity contribution in [1.82, 2.24) is 0 Å². The maximum atomic E-state index is 9.94. The van der Waals surface area contributed by atoms with E-state index in [2.05, 4.69) is 6.92 Å². The Morgan fingerprint density at radius 1 is 0.895 bits per heavy atom. The Morgan fingerprint density at radius 3 is 2.26 bits per heavy atom. The van der Waals surface area contributed by atoms with Gasteiger partial charge in [-0.15, -0.1) is 0 Å². The molecule has 2 N–H and O–H groups in total. The van der Waals surface area contributed by atoms with Crippen LogP contribution in [0.25, 0.3) is 0 Å². The summed E-state index contributed by atoms with van der Waals surface area (Å²) < 4.78 is 0. The molecule has 0 saturated heterocycles. The van der Waals surface area contributed by atoms with Gasteiger partial charge in [0.2, 0.25) is 0 Å². The van der Waals surface area contributed by atoms with Gasteiger partial charge in [-0.3, -0.25) is 0 Å². The summed E-state index contributed by atoms with van der Waals surface area (Å²) in [7, 11) is 0. The molecule has 0 aliphatic heterocycles. The molecule has 0 aliphatic rings. The van der Waals surface area contributed by atoms with Crippen LogP contribution in [0.4, 0.5) is 0 Å². The predicted octanol–water partition coefficient (Wildman–Crippen LogP) is 4.03. The van der Waals surface area contributed by atoms with Crippen LogP contribution in [0.3, 0.4) is 0 Å². The van der Waals surface area contributed by atoms with Gasteiger partial charge in [0.1, 0.15) is 11.5 Å². The van der Waals surface area contributed by atoms with E-state index < -0.39 is 0 Å². The monoisotopic (exact) mass is 256 g/mol. The van der Waals surface area contributed by atoms with Gasteiger partial charge in [0, 0.05) is 12.5 Å². The summed E-state index contributed by atoms with van der Waals surface area (Å²) in [5, 5.41) is 19.8. The van der Waals surface area contributed by atoms with Crippen LogP contribution >= 0.6 is 0 Å². The molecule has 0 heterocycles. The molecule has 2 nitrogen and oxygen atoms in total. The first-order valence-corrected chi connectivity index (χ1v) is 6.78. The SMILES string of the molecule is CCCCc1cc(Cc2ccccc2)c(O)cc1O. The summed E-state index contributed by atoms with van der Waals surface area (Å²) in [6.45, 7) is 2.13. The molecule has 0 aliphatic carbocycles. The zero-order chi connectivity index (χ0) is 13.7. The number of hydrogen-bond acceptors (Lipinski definition) is 2. The van der Waals surface area contributed by atoms with Crippen molar-refractivity contribution in [3.8, 4) is 11.5 Å². The topological polar surface area (TPSA) is 40.5 Å². The summed E-state index contributed by atoms with van der Waals surface area (Å²) in [6.07, 6.45) is 3.67. The Hall–Kier alpha value is -1.96. The fraction of sp³-hybridized carbons (Fsp3) is 0.294. The summed E-state index contributed by atoms with van der Waals surface area (Å²) in [6, 6.07) is 13.4. The van der Waals surface area contributed by atoms with Crippen molar-refractivity contribution < 1.29 is 10.2 Å². The number of aromatic hydroxyl groups is 2. The van der Waals surface area contributed by atoms with Crippen molar-refractivity contribution in [2.24, 2.45) is 0 Å². The Labute approximate surface area is 114 Å². The van der Waals surface area contributed by atoms with E-state index in [-0.39, 0.29) is 11.5 Å². The van der Waals surface area contributed by atoms with Gasteiger partial charge >= 0.3 is 0 Å². The van der Waals surface area contributed by atoms with Gasteiger partial charge < -0.3 is 10.2 Å². The molecule has 0 fully saturated rings. The number of benzene rings is 2. The molecular formula is C17H20O2. The molecule has 0 unspecified atom stereocenters. The van der Waals surface area contributed by atoms with E-state index >= 15 is 0 Å². The van der Waals surface area contributed by atoms with Gasteiger partial charge in [0.15, 0.2) is 0 Å². The van der Waals surface area contributed by atoms with Crippen molar-refractivity contribution >= 4 is 0 Å². The number of hydrogen-bond donors (Lipinski definition) is 2. The highest BCUT2D eigenvalue weighted by Gasteiger charge is 2.09. The predicted molar refractivity (Wildman–Crippen MR) is 77.6 cm³/mol. The molecule has 2 rings (SSSR count). The average molecular weight is 256 g/mol. The van der Waals surface area contributed by atoms with Gasteiger partial charge in [-0.25, -0.2) is 0 Å². The third-order valence-corrected chi connectivity index (χ3v) is 3.32. The first-order valence-electron chi connectivity index (χ1n) is 6.78. The van der Waals surface area contributed by atoms with Gasteiger partial charge in [-0.05, 0) is 35.6 Å². The van der Waals surface area contributed by atoms with E-state index in [1.807, 2.05) is 36.4 Å². The Bertz CT molecular complexity index is 532. The zero-order valence-corrected chi connectivity index (χ0v) is 11.3. The minimum Gasteiger partial charge on any atom is -0.508 e. The second-order valence-corrected chi connectivity index (χ2v) is 4.88. The molecule has 19 heavy (non-hydrogen) atoms. The first kappa shape index (κ1) is 13.5. The van der Waals surface area contributed by atoms with Crippen LogP contribution in [-0.2, 0) is 12.8 Å². The Kier molecular flexibility index (Phi) is 4.45. The minimum absolute atomic E-state index is 0.168. The standard InChI is InChI=1S/C17H20O2/c1-2-3-9-14-11-15(17(19)12-16(14)18)10-13-7-5-4-6-8-13/h4-8,11-12,18-19H,2-3,9-10H2,1H3. The molecule has 0 atom stereocenters. The molecule has 2 aromatic rings. The number of phenols is 2. The number of rotatable bonds is 5. The van der Waals surface area contributed by atoms with Crippen LogP contribution in [0.5, 0.6) is 11.5 Å². The fourth-order valence-electron chi connectivity index (χ4n) is 2.20. The normalized spacial score (nSPS) is 10.6. The van der Waals surface area contributed by atoms with E-state index in [9.17, 15) is 10.2 Å². The van der Waals surface area contributed by atoms with Gasteiger partial charge in [-0.1, -0.05) is 43.7 Å². The third kappa shape index (κ3) is 3.50. The lowest BCUT2D eigenvalue weighted by Crippen LogP contribution is -1.93. The summed E-state index contributed by atoms with van der Waals surface area (Å²) in [5.74, 6) is 0.365. The second-order valence-electron chi connectivity index (χ2n) is 4.88. The maximum Gasteiger partial charge on any atom is 0.122 e. The van der Waals surface area contributed by atoms with Crippen molar-refractivity contribution in [2.45, 2.75) is 32.6 Å². The molecule has 0 saturated carbocycles. The summed E-state index contributed by atoms with van der Waals surface area (Å²) in [5.41, 5.74) is 2.95. The highest BCUT2D eigenvalue weighted by atomic mass is 16.3. The van der Waals surface area contributed by atoms with Gasteiger partial charge in [-0.2, -0.15) is 0 Å². The van der Waals surface area contributed by atoms with Crippen molar-refractivity contribution in [2.75, 3.05) is 0 Å². The summed E-state index contributed by atoms with van der Waals surface area (Å²) in [4.78, 5) is 0. The molecule has 0 aromatic heterocycles. The fourth-order valence-corrected chi connectivity index (χ4v) is 2.20. The van der Waals surface area contributed by atoms with Crippen LogP contribution in [0.1, 0.15) is 36.5 Å².